The number of carbonyl (C=O) groups is 2. The lowest BCUT2D eigenvalue weighted by molar-refractivity contribution is -0.154. The first kappa shape index (κ1) is 18.5. The topological polar surface area (TPSA) is 68.3 Å². The molecule has 1 amide bonds. The number of rotatable bonds is 6. The monoisotopic (exact) mass is 376 g/mol. The van der Waals surface area contributed by atoms with E-state index in [1.807, 2.05) is 0 Å². The number of nitrogens with zero attached hydrogens (tertiary/aromatic N) is 1. The Morgan fingerprint density at radius 1 is 1.38 bits per heavy atom. The van der Waals surface area contributed by atoms with Gasteiger partial charge in [0.2, 0.25) is 0 Å². The second-order valence-corrected chi connectivity index (χ2v) is 7.31. The molecule has 1 N–H and O–H groups in total. The molecular formula is C19H21FN2O3S. The van der Waals surface area contributed by atoms with Crippen LogP contribution in [0.1, 0.15) is 38.3 Å². The molecule has 1 aliphatic carbocycles. The number of hydrogen-bond donors (Lipinski definition) is 1. The van der Waals surface area contributed by atoms with Gasteiger partial charge in [-0.25, -0.2) is 9.37 Å². The van der Waals surface area contributed by atoms with Crippen molar-refractivity contribution >= 4 is 23.2 Å². The maximum Gasteiger partial charge on any atom is 0.312 e. The van der Waals surface area contributed by atoms with Gasteiger partial charge in [0, 0.05) is 17.0 Å². The third-order valence-electron chi connectivity index (χ3n) is 4.33. The first-order valence-corrected chi connectivity index (χ1v) is 9.59. The fraction of sp³-hybridized carbons (Fsp3) is 0.421. The quantitative estimate of drug-likeness (QED) is 0.784. The third-order valence-corrected chi connectivity index (χ3v) is 5.27. The van der Waals surface area contributed by atoms with Crippen molar-refractivity contribution < 1.29 is 18.7 Å². The van der Waals surface area contributed by atoms with Crippen molar-refractivity contribution in [3.8, 4) is 10.6 Å². The van der Waals surface area contributed by atoms with Crippen LogP contribution < -0.4 is 5.32 Å². The number of benzene rings is 1. The number of ether oxygens (including phenoxy) is 1. The summed E-state index contributed by atoms with van der Waals surface area (Å²) in [6, 6.07) is 6.34. The minimum Gasteiger partial charge on any atom is -0.452 e. The maximum absolute atomic E-state index is 13.3. The summed E-state index contributed by atoms with van der Waals surface area (Å²) in [6.07, 6.45) is 3.35. The molecule has 1 aromatic carbocycles. The lowest BCUT2D eigenvalue weighted by Crippen LogP contribution is -2.41. The molecule has 0 radical (unpaired) electrons. The number of aromatic nitrogens is 1. The van der Waals surface area contributed by atoms with Crippen molar-refractivity contribution in [2.45, 2.75) is 51.2 Å². The largest absolute Gasteiger partial charge is 0.452 e. The minimum atomic E-state index is -0.829. The van der Waals surface area contributed by atoms with E-state index >= 15 is 0 Å². The average Bonchev–Trinajstić information content (AvgIpc) is 3.26. The molecule has 1 unspecified atom stereocenters. The van der Waals surface area contributed by atoms with Crippen LogP contribution in [-0.4, -0.2) is 29.0 Å². The molecule has 1 saturated carbocycles. The van der Waals surface area contributed by atoms with Gasteiger partial charge in [-0.2, -0.15) is 0 Å². The third kappa shape index (κ3) is 4.88. The number of esters is 1. The van der Waals surface area contributed by atoms with Crippen molar-refractivity contribution in [3.05, 3.63) is 41.2 Å². The molecule has 1 fully saturated rings. The molecule has 1 heterocycles. The SMILES string of the molecule is CC(OC(=O)Cc1csc(-c2cccc(F)c2)n1)C(=O)NC1CCCC1. The van der Waals surface area contributed by atoms with Crippen molar-refractivity contribution in [2.75, 3.05) is 0 Å². The molecule has 0 bridgehead atoms. The summed E-state index contributed by atoms with van der Waals surface area (Å²) in [7, 11) is 0. The van der Waals surface area contributed by atoms with E-state index in [9.17, 15) is 14.0 Å². The summed E-state index contributed by atoms with van der Waals surface area (Å²) in [5.41, 5.74) is 1.21. The Balaban J connectivity index is 1.52. The molecule has 1 aliphatic rings. The van der Waals surface area contributed by atoms with Gasteiger partial charge in [-0.1, -0.05) is 25.0 Å². The van der Waals surface area contributed by atoms with Crippen LogP contribution in [-0.2, 0) is 20.7 Å². The second kappa shape index (κ2) is 8.40. The normalized spacial score (nSPS) is 15.6. The number of halogens is 1. The van der Waals surface area contributed by atoms with E-state index in [2.05, 4.69) is 10.3 Å². The number of thiazole rings is 1. The highest BCUT2D eigenvalue weighted by molar-refractivity contribution is 7.13. The Hall–Kier alpha value is -2.28. The van der Waals surface area contributed by atoms with Crippen LogP contribution in [0, 0.1) is 5.82 Å². The molecule has 0 aliphatic heterocycles. The van der Waals surface area contributed by atoms with Crippen molar-refractivity contribution in [1.82, 2.24) is 10.3 Å². The predicted molar refractivity (Wildman–Crippen MR) is 97.2 cm³/mol. The zero-order chi connectivity index (χ0) is 18.5. The van der Waals surface area contributed by atoms with E-state index in [-0.39, 0.29) is 24.2 Å². The van der Waals surface area contributed by atoms with E-state index in [4.69, 9.17) is 4.74 Å². The number of amides is 1. The van der Waals surface area contributed by atoms with Gasteiger partial charge in [0.25, 0.3) is 5.91 Å². The molecule has 1 atom stereocenters. The highest BCUT2D eigenvalue weighted by Crippen LogP contribution is 2.24. The van der Waals surface area contributed by atoms with E-state index in [0.29, 0.717) is 16.3 Å². The van der Waals surface area contributed by atoms with Crippen molar-refractivity contribution in [3.63, 3.8) is 0 Å². The highest BCUT2D eigenvalue weighted by atomic mass is 32.1. The Labute approximate surface area is 155 Å². The van der Waals surface area contributed by atoms with Gasteiger partial charge in [0.05, 0.1) is 12.1 Å². The van der Waals surface area contributed by atoms with Gasteiger partial charge in [-0.15, -0.1) is 11.3 Å². The fourth-order valence-electron chi connectivity index (χ4n) is 2.97. The number of hydrogen-bond acceptors (Lipinski definition) is 5. The standard InChI is InChI=1S/C19H21FN2O3S/c1-12(18(24)21-15-7-2-3-8-15)25-17(23)10-16-11-26-19(22-16)13-5-4-6-14(20)9-13/h4-6,9,11-12,15H,2-3,7-8,10H2,1H3,(H,21,24). The average molecular weight is 376 g/mol. The Kier molecular flexibility index (Phi) is 5.98. The molecule has 0 spiro atoms. The summed E-state index contributed by atoms with van der Waals surface area (Å²) >= 11 is 1.33. The molecule has 138 valence electrons. The van der Waals surface area contributed by atoms with Gasteiger partial charge < -0.3 is 10.1 Å². The second-order valence-electron chi connectivity index (χ2n) is 6.45. The van der Waals surface area contributed by atoms with Crippen LogP contribution in [0.3, 0.4) is 0 Å². The Morgan fingerprint density at radius 3 is 2.88 bits per heavy atom. The van der Waals surface area contributed by atoms with Crippen molar-refractivity contribution in [2.24, 2.45) is 0 Å². The molecule has 3 rings (SSSR count). The molecular weight excluding hydrogens is 355 g/mol. The lowest BCUT2D eigenvalue weighted by atomic mass is 10.2. The van der Waals surface area contributed by atoms with Gasteiger partial charge in [0.15, 0.2) is 6.10 Å². The molecule has 7 heteroatoms. The van der Waals surface area contributed by atoms with E-state index in [0.717, 1.165) is 25.7 Å². The van der Waals surface area contributed by atoms with E-state index in [1.165, 1.54) is 23.5 Å². The predicted octanol–water partition coefficient (Wildman–Crippen LogP) is 3.48. The Bertz CT molecular complexity index is 787. The van der Waals surface area contributed by atoms with E-state index in [1.54, 1.807) is 24.4 Å². The summed E-state index contributed by atoms with van der Waals surface area (Å²) in [5, 5.41) is 5.29. The molecule has 26 heavy (non-hydrogen) atoms. The molecule has 5 nitrogen and oxygen atoms in total. The lowest BCUT2D eigenvalue weighted by Gasteiger charge is -2.16. The number of carbonyl (C=O) groups excluding carboxylic acids is 2. The van der Waals surface area contributed by atoms with Crippen LogP contribution >= 0.6 is 11.3 Å². The minimum absolute atomic E-state index is 0.0210. The van der Waals surface area contributed by atoms with Crippen LogP contribution in [0.2, 0.25) is 0 Å². The first-order valence-electron chi connectivity index (χ1n) is 8.71. The fourth-order valence-corrected chi connectivity index (χ4v) is 3.79. The van der Waals surface area contributed by atoms with Crippen LogP contribution in [0.5, 0.6) is 0 Å². The summed E-state index contributed by atoms with van der Waals surface area (Å²) in [6.45, 7) is 1.57. The highest BCUT2D eigenvalue weighted by Gasteiger charge is 2.23. The molecule has 1 aromatic heterocycles. The zero-order valence-electron chi connectivity index (χ0n) is 14.5. The van der Waals surface area contributed by atoms with Crippen molar-refractivity contribution in [1.29, 1.82) is 0 Å². The van der Waals surface area contributed by atoms with Gasteiger partial charge in [0.1, 0.15) is 10.8 Å². The van der Waals surface area contributed by atoms with Crippen LogP contribution in [0.15, 0.2) is 29.6 Å². The summed E-state index contributed by atoms with van der Waals surface area (Å²) in [4.78, 5) is 28.5. The van der Waals surface area contributed by atoms with Gasteiger partial charge in [-0.3, -0.25) is 9.59 Å². The summed E-state index contributed by atoms with van der Waals surface area (Å²) in [5.74, 6) is -1.10. The summed E-state index contributed by atoms with van der Waals surface area (Å²) < 4.78 is 18.5. The van der Waals surface area contributed by atoms with E-state index < -0.39 is 12.1 Å². The smallest absolute Gasteiger partial charge is 0.312 e. The van der Waals surface area contributed by atoms with Crippen LogP contribution in [0.4, 0.5) is 4.39 Å². The molecule has 0 saturated heterocycles. The maximum atomic E-state index is 13.3. The number of nitrogens with one attached hydrogen (secondary N) is 1. The van der Waals surface area contributed by atoms with Gasteiger partial charge in [-0.05, 0) is 31.9 Å². The first-order chi connectivity index (χ1) is 12.5. The molecule has 2 aromatic rings. The zero-order valence-corrected chi connectivity index (χ0v) is 15.4. The Morgan fingerprint density at radius 2 is 2.15 bits per heavy atom. The van der Waals surface area contributed by atoms with Gasteiger partial charge >= 0.3 is 5.97 Å². The van der Waals surface area contributed by atoms with Crippen LogP contribution in [0.25, 0.3) is 10.6 Å².